The van der Waals surface area contributed by atoms with Crippen molar-refractivity contribution < 1.29 is 9.53 Å². The predicted molar refractivity (Wildman–Crippen MR) is 311 cm³/mol. The van der Waals surface area contributed by atoms with Crippen LogP contribution in [0.5, 0.6) is 0 Å². The topological polar surface area (TPSA) is 53.5 Å². The lowest BCUT2D eigenvalue weighted by atomic mass is 10.0. The van der Waals surface area contributed by atoms with E-state index in [0.29, 0.717) is 0 Å². The molecular weight excluding hydrogens is 916 g/mol. The number of carbonyl (C=O) groups excluding carboxylic acids is 1. The van der Waals surface area contributed by atoms with E-state index in [1.54, 1.807) is 4.57 Å². The Labute approximate surface area is 433 Å². The summed E-state index contributed by atoms with van der Waals surface area (Å²) in [6.45, 7) is 5.66. The molecule has 0 unspecified atom stereocenters. The van der Waals surface area contributed by atoms with Gasteiger partial charge in [-0.05, 0) is 140 Å². The molecule has 0 radical (unpaired) electrons. The van der Waals surface area contributed by atoms with E-state index in [1.807, 2.05) is 69.3 Å². The van der Waals surface area contributed by atoms with Crippen molar-refractivity contribution in [2.24, 2.45) is 0 Å². The smallest absolute Gasteiger partial charge is 0.419 e. The van der Waals surface area contributed by atoms with E-state index >= 15 is 0 Å². The van der Waals surface area contributed by atoms with E-state index < -0.39 is 5.60 Å². The average molecular weight is 974 g/mol. The van der Waals surface area contributed by atoms with E-state index in [9.17, 15) is 4.79 Å². The number of halogens is 1. The number of H-pyrrole nitrogens is 1. The van der Waals surface area contributed by atoms with Crippen LogP contribution in [0.15, 0.2) is 255 Å². The Morgan fingerprint density at radius 1 is 0.384 bits per heavy atom. The van der Waals surface area contributed by atoms with Gasteiger partial charge in [0.05, 0.1) is 11.0 Å². The lowest BCUT2D eigenvalue weighted by Gasteiger charge is -2.26. The van der Waals surface area contributed by atoms with Crippen molar-refractivity contribution in [2.45, 2.75) is 33.8 Å². The van der Waals surface area contributed by atoms with Crippen molar-refractivity contribution in [3.05, 3.63) is 255 Å². The zero-order valence-electron chi connectivity index (χ0n) is 40.3. The number of hydrogen-bond donors (Lipinski definition) is 1. The molecule has 0 saturated heterocycles. The molecule has 0 amide bonds. The van der Waals surface area contributed by atoms with E-state index in [1.165, 1.54) is 33.0 Å². The molecule has 0 atom stereocenters. The summed E-state index contributed by atoms with van der Waals surface area (Å²) >= 11 is 0. The van der Waals surface area contributed by atoms with Crippen LogP contribution < -0.4 is 9.80 Å². The van der Waals surface area contributed by atoms with Gasteiger partial charge >= 0.3 is 6.09 Å². The Morgan fingerprint density at radius 3 is 1.27 bits per heavy atom. The number of carbonyl (C=O) groups is 1. The van der Waals surface area contributed by atoms with Gasteiger partial charge in [-0.3, -0.25) is 0 Å². The van der Waals surface area contributed by atoms with Gasteiger partial charge in [0.2, 0.25) is 0 Å². The van der Waals surface area contributed by atoms with Crippen LogP contribution in [0.1, 0.15) is 28.2 Å². The number of anilines is 6. The standard InChI is InChI=1S/C35H30N2O2.C30H22N2.CH4.ClH/c1-35(2,3)39-34(38)37-32-17-11-10-16-30(32)31-24-29(22-23-33(31)37)36(27-14-8-5-9-15-27)28-20-18-26(19-21-28)25-12-6-4-7-13-25;1-3-9-22(10-4-1)23-15-17-25(18-16-23)32(24-11-5-2-6-12-24)26-19-20-30-28(21-26)27-13-7-8-14-29(27)31-30;;/h4-24H,1-3H3;1-21,31H;1H4;1H. The first-order valence-corrected chi connectivity index (χ1v) is 24.0. The number of nitrogens with zero attached hydrogens (tertiary/aromatic N) is 3. The first-order chi connectivity index (χ1) is 34.8. The molecule has 10 aromatic carbocycles. The van der Waals surface area contributed by atoms with Crippen LogP contribution in [0.3, 0.4) is 0 Å². The molecule has 2 aromatic heterocycles. The Morgan fingerprint density at radius 2 is 0.753 bits per heavy atom. The normalized spacial score (nSPS) is 11.1. The first-order valence-electron chi connectivity index (χ1n) is 24.0. The van der Waals surface area contributed by atoms with Crippen LogP contribution in [0, 0.1) is 0 Å². The summed E-state index contributed by atoms with van der Waals surface area (Å²) in [6.07, 6.45) is -0.377. The molecule has 12 rings (SSSR count). The maximum Gasteiger partial charge on any atom is 0.419 e. The minimum absolute atomic E-state index is 0. The zero-order chi connectivity index (χ0) is 48.3. The van der Waals surface area contributed by atoms with Crippen molar-refractivity contribution in [1.29, 1.82) is 0 Å². The molecule has 0 saturated carbocycles. The number of fused-ring (bicyclic) bond motifs is 6. The molecule has 6 nitrogen and oxygen atoms in total. The van der Waals surface area contributed by atoms with Gasteiger partial charge in [-0.1, -0.05) is 165 Å². The van der Waals surface area contributed by atoms with Crippen LogP contribution >= 0.6 is 12.4 Å². The number of rotatable bonds is 8. The van der Waals surface area contributed by atoms with Gasteiger partial charge in [0.25, 0.3) is 0 Å². The summed E-state index contributed by atoms with van der Waals surface area (Å²) in [4.78, 5) is 21.4. The molecule has 360 valence electrons. The van der Waals surface area contributed by atoms with E-state index in [2.05, 4.69) is 221 Å². The minimum atomic E-state index is -0.593. The van der Waals surface area contributed by atoms with Crippen molar-refractivity contribution in [3.8, 4) is 22.3 Å². The molecular formula is C66H57ClN4O2. The lowest BCUT2D eigenvalue weighted by molar-refractivity contribution is 0.0551. The third-order valence-corrected chi connectivity index (χ3v) is 12.7. The molecule has 2 heterocycles. The lowest BCUT2D eigenvalue weighted by Crippen LogP contribution is -2.27. The number of benzene rings is 10. The summed E-state index contributed by atoms with van der Waals surface area (Å²) in [5, 5.41) is 4.49. The summed E-state index contributed by atoms with van der Waals surface area (Å²) in [5.41, 5.74) is 14.7. The molecule has 1 N–H and O–H groups in total. The number of aromatic amines is 1. The molecule has 0 aliphatic heterocycles. The molecule has 0 bridgehead atoms. The fraction of sp³-hybridized carbons (Fsp3) is 0.0758. The van der Waals surface area contributed by atoms with Crippen LogP contribution in [-0.4, -0.2) is 21.2 Å². The van der Waals surface area contributed by atoms with E-state index in [-0.39, 0.29) is 25.9 Å². The zero-order valence-corrected chi connectivity index (χ0v) is 41.1. The third kappa shape index (κ3) is 10.2. The SMILES string of the molecule is C.CC(C)(C)OC(=O)n1c2ccccc2c2cc(N(c3ccccc3)c3ccc(-c4ccccc4)cc3)ccc21.Cl.c1ccc(-c2ccc(N(c3ccccc3)c3ccc4[nH]c5ccccc5c4c3)cc2)cc1. The van der Waals surface area contributed by atoms with Crippen LogP contribution in [0.4, 0.5) is 38.9 Å². The van der Waals surface area contributed by atoms with Gasteiger partial charge in [-0.15, -0.1) is 12.4 Å². The van der Waals surface area contributed by atoms with Crippen molar-refractivity contribution in [3.63, 3.8) is 0 Å². The summed E-state index contributed by atoms with van der Waals surface area (Å²) in [6, 6.07) is 88.6. The van der Waals surface area contributed by atoms with Gasteiger partial charge in [0.15, 0.2) is 0 Å². The predicted octanol–water partition coefficient (Wildman–Crippen LogP) is 19.2. The highest BCUT2D eigenvalue weighted by Gasteiger charge is 2.24. The Balaban J connectivity index is 0.000000178. The third-order valence-electron chi connectivity index (χ3n) is 12.7. The van der Waals surface area contributed by atoms with E-state index in [4.69, 9.17) is 4.74 Å². The highest BCUT2D eigenvalue weighted by molar-refractivity contribution is 6.14. The van der Waals surface area contributed by atoms with Crippen molar-refractivity contribution in [2.75, 3.05) is 9.80 Å². The molecule has 0 spiro atoms. The Kier molecular flexibility index (Phi) is 14.3. The van der Waals surface area contributed by atoms with Crippen LogP contribution in [0.2, 0.25) is 0 Å². The minimum Gasteiger partial charge on any atom is -0.443 e. The maximum atomic E-state index is 13.3. The first kappa shape index (κ1) is 49.2. The Bertz CT molecular complexity index is 3770. The number of aromatic nitrogens is 2. The highest BCUT2D eigenvalue weighted by Crippen LogP contribution is 2.41. The number of ether oxygens (including phenoxy) is 1. The molecule has 12 aromatic rings. The summed E-state index contributed by atoms with van der Waals surface area (Å²) in [7, 11) is 0. The number of para-hydroxylation sites is 4. The van der Waals surface area contributed by atoms with Gasteiger partial charge in [0.1, 0.15) is 5.60 Å². The maximum absolute atomic E-state index is 13.3. The quantitative estimate of drug-likeness (QED) is 0.165. The second-order valence-corrected chi connectivity index (χ2v) is 18.6. The van der Waals surface area contributed by atoms with Crippen LogP contribution in [-0.2, 0) is 4.74 Å². The fourth-order valence-corrected chi connectivity index (χ4v) is 9.50. The van der Waals surface area contributed by atoms with Gasteiger partial charge < -0.3 is 19.5 Å². The molecule has 73 heavy (non-hydrogen) atoms. The summed E-state index contributed by atoms with van der Waals surface area (Å²) < 4.78 is 7.46. The van der Waals surface area contributed by atoms with Crippen LogP contribution in [0.25, 0.3) is 65.9 Å². The Hall–Kier alpha value is -8.84. The number of nitrogens with one attached hydrogen (secondary N) is 1. The highest BCUT2D eigenvalue weighted by atomic mass is 35.5. The average Bonchev–Trinajstić information content (AvgIpc) is 3.96. The molecule has 0 aliphatic rings. The monoisotopic (exact) mass is 972 g/mol. The molecule has 0 aliphatic carbocycles. The fourth-order valence-electron chi connectivity index (χ4n) is 9.50. The van der Waals surface area contributed by atoms with E-state index in [0.717, 1.165) is 67.0 Å². The largest absolute Gasteiger partial charge is 0.443 e. The van der Waals surface area contributed by atoms with Crippen molar-refractivity contribution >= 4 is 96.2 Å². The van der Waals surface area contributed by atoms with Gasteiger partial charge in [-0.25, -0.2) is 9.36 Å². The van der Waals surface area contributed by atoms with Gasteiger partial charge in [0, 0.05) is 66.7 Å². The number of hydrogen-bond acceptors (Lipinski definition) is 4. The van der Waals surface area contributed by atoms with Crippen molar-refractivity contribution in [1.82, 2.24) is 9.55 Å². The molecule has 0 fully saturated rings. The second kappa shape index (κ2) is 21.3. The molecule has 7 heteroatoms. The van der Waals surface area contributed by atoms with Gasteiger partial charge in [-0.2, -0.15) is 0 Å². The summed E-state index contributed by atoms with van der Waals surface area (Å²) in [5.74, 6) is 0. The second-order valence-electron chi connectivity index (χ2n) is 18.6.